The van der Waals surface area contributed by atoms with Crippen LogP contribution in [0.3, 0.4) is 0 Å². The largest absolute Gasteiger partial charge is 0.342 e. The monoisotopic (exact) mass is 372 g/mol. The lowest BCUT2D eigenvalue weighted by Gasteiger charge is -2.32. The van der Waals surface area contributed by atoms with Crippen LogP contribution in [0.15, 0.2) is 61.1 Å². The van der Waals surface area contributed by atoms with Gasteiger partial charge in [0.05, 0.1) is 24.0 Å². The maximum Gasteiger partial charge on any atom is 0.228 e. The topological polar surface area (TPSA) is 59.0 Å². The highest BCUT2D eigenvalue weighted by Crippen LogP contribution is 2.27. The lowest BCUT2D eigenvalue weighted by molar-refractivity contribution is -0.131. The predicted molar refractivity (Wildman–Crippen MR) is 109 cm³/mol. The fourth-order valence-electron chi connectivity index (χ4n) is 3.74. The van der Waals surface area contributed by atoms with Crippen molar-refractivity contribution in [3.63, 3.8) is 0 Å². The molecular weight excluding hydrogens is 348 g/mol. The molecule has 3 heterocycles. The van der Waals surface area contributed by atoms with Gasteiger partial charge in [-0.1, -0.05) is 29.8 Å². The molecule has 0 aliphatic carbocycles. The van der Waals surface area contributed by atoms with E-state index in [0.29, 0.717) is 13.0 Å². The van der Waals surface area contributed by atoms with Crippen LogP contribution in [0, 0.1) is 6.92 Å². The second-order valence-electron chi connectivity index (χ2n) is 7.38. The quantitative estimate of drug-likeness (QED) is 0.699. The van der Waals surface area contributed by atoms with E-state index in [2.05, 4.69) is 35.1 Å². The van der Waals surface area contributed by atoms with E-state index in [1.165, 1.54) is 5.56 Å². The molecular formula is C23H24N4O. The van der Waals surface area contributed by atoms with Crippen LogP contribution in [0.2, 0.25) is 0 Å². The van der Waals surface area contributed by atoms with Gasteiger partial charge in [-0.2, -0.15) is 0 Å². The third kappa shape index (κ3) is 4.25. The SMILES string of the molecule is Cc1cccc(-c2cncc(C3CCCN(C(=O)Cc4ccccn4)C3)n2)c1. The van der Waals surface area contributed by atoms with Crippen LogP contribution in [0.5, 0.6) is 0 Å². The second kappa shape index (κ2) is 8.30. The van der Waals surface area contributed by atoms with Gasteiger partial charge < -0.3 is 4.90 Å². The summed E-state index contributed by atoms with van der Waals surface area (Å²) in [7, 11) is 0. The standard InChI is InChI=1S/C23H24N4O/c1-17-6-4-7-18(12-17)21-14-24-15-22(26-21)19-8-5-11-27(16-19)23(28)13-20-9-2-3-10-25-20/h2-4,6-7,9-10,12,14-15,19H,5,8,11,13,16H2,1H3. The van der Waals surface area contributed by atoms with Crippen LogP contribution in [-0.2, 0) is 11.2 Å². The average molecular weight is 372 g/mol. The summed E-state index contributed by atoms with van der Waals surface area (Å²) in [6.07, 6.45) is 7.74. The molecule has 1 fully saturated rings. The van der Waals surface area contributed by atoms with Crippen molar-refractivity contribution >= 4 is 5.91 Å². The number of likely N-dealkylation sites (tertiary alicyclic amines) is 1. The Morgan fingerprint density at radius 3 is 2.93 bits per heavy atom. The highest BCUT2D eigenvalue weighted by atomic mass is 16.2. The number of pyridine rings is 1. The molecule has 28 heavy (non-hydrogen) atoms. The summed E-state index contributed by atoms with van der Waals surface area (Å²) in [6.45, 7) is 3.57. The molecule has 5 heteroatoms. The summed E-state index contributed by atoms with van der Waals surface area (Å²) in [4.78, 5) is 28.2. The number of hydrogen-bond acceptors (Lipinski definition) is 4. The number of aromatic nitrogens is 3. The third-order valence-electron chi connectivity index (χ3n) is 5.22. The van der Waals surface area contributed by atoms with Gasteiger partial charge in [0.25, 0.3) is 0 Å². The molecule has 3 aromatic rings. The van der Waals surface area contributed by atoms with E-state index in [9.17, 15) is 4.79 Å². The summed E-state index contributed by atoms with van der Waals surface area (Å²) in [6, 6.07) is 14.0. The summed E-state index contributed by atoms with van der Waals surface area (Å²) in [5.41, 5.74) is 4.95. The third-order valence-corrected chi connectivity index (χ3v) is 5.22. The predicted octanol–water partition coefficient (Wildman–Crippen LogP) is 3.80. The highest BCUT2D eigenvalue weighted by Gasteiger charge is 2.26. The molecule has 0 N–H and O–H groups in total. The lowest BCUT2D eigenvalue weighted by Crippen LogP contribution is -2.40. The van der Waals surface area contributed by atoms with Crippen LogP contribution in [0.1, 0.15) is 35.7 Å². The fourth-order valence-corrected chi connectivity index (χ4v) is 3.74. The van der Waals surface area contributed by atoms with Crippen molar-refractivity contribution in [3.8, 4) is 11.3 Å². The minimum atomic E-state index is 0.131. The number of nitrogens with zero attached hydrogens (tertiary/aromatic N) is 4. The first-order valence-electron chi connectivity index (χ1n) is 9.76. The number of aryl methyl sites for hydroxylation is 1. The van der Waals surface area contributed by atoms with Gasteiger partial charge in [0, 0.05) is 42.7 Å². The number of carbonyl (C=O) groups excluding carboxylic acids is 1. The molecule has 0 radical (unpaired) electrons. The van der Waals surface area contributed by atoms with Gasteiger partial charge in [-0.3, -0.25) is 14.8 Å². The van der Waals surface area contributed by atoms with E-state index < -0.39 is 0 Å². The van der Waals surface area contributed by atoms with Gasteiger partial charge in [-0.05, 0) is 38.0 Å². The molecule has 1 amide bonds. The molecule has 0 spiro atoms. The zero-order valence-corrected chi connectivity index (χ0v) is 16.1. The fraction of sp³-hybridized carbons (Fsp3) is 0.304. The van der Waals surface area contributed by atoms with Gasteiger partial charge in [-0.25, -0.2) is 4.98 Å². The molecule has 1 aromatic carbocycles. The van der Waals surface area contributed by atoms with Crippen molar-refractivity contribution in [1.82, 2.24) is 19.9 Å². The van der Waals surface area contributed by atoms with Gasteiger partial charge >= 0.3 is 0 Å². The summed E-state index contributed by atoms with van der Waals surface area (Å²) in [5.74, 6) is 0.352. The number of rotatable bonds is 4. The number of hydrogen-bond donors (Lipinski definition) is 0. The van der Waals surface area contributed by atoms with E-state index in [1.54, 1.807) is 6.20 Å². The number of amides is 1. The number of piperidine rings is 1. The Bertz CT molecular complexity index is 958. The molecule has 1 aliphatic heterocycles. The van der Waals surface area contributed by atoms with Gasteiger partial charge in [0.1, 0.15) is 0 Å². The zero-order chi connectivity index (χ0) is 19.3. The molecule has 1 unspecified atom stereocenters. The number of carbonyl (C=O) groups is 1. The van der Waals surface area contributed by atoms with Crippen molar-refractivity contribution < 1.29 is 4.79 Å². The van der Waals surface area contributed by atoms with Crippen LogP contribution in [0.4, 0.5) is 0 Å². The first-order chi connectivity index (χ1) is 13.7. The van der Waals surface area contributed by atoms with Gasteiger partial charge in [-0.15, -0.1) is 0 Å². The normalized spacial score (nSPS) is 16.8. The Labute approximate surface area is 165 Å². The Kier molecular flexibility index (Phi) is 5.42. The maximum absolute atomic E-state index is 12.7. The smallest absolute Gasteiger partial charge is 0.228 e. The molecule has 5 nitrogen and oxygen atoms in total. The van der Waals surface area contributed by atoms with Crippen LogP contribution >= 0.6 is 0 Å². The molecule has 1 saturated heterocycles. The average Bonchev–Trinajstić information content (AvgIpc) is 2.75. The van der Waals surface area contributed by atoms with E-state index in [-0.39, 0.29) is 11.8 Å². The Hall–Kier alpha value is -3.08. The maximum atomic E-state index is 12.7. The molecule has 142 valence electrons. The van der Waals surface area contributed by atoms with Gasteiger partial charge in [0.2, 0.25) is 5.91 Å². The van der Waals surface area contributed by atoms with Gasteiger partial charge in [0.15, 0.2) is 0 Å². The lowest BCUT2D eigenvalue weighted by atomic mass is 9.94. The molecule has 1 atom stereocenters. The van der Waals surface area contributed by atoms with Crippen LogP contribution in [-0.4, -0.2) is 38.8 Å². The number of benzene rings is 1. The van der Waals surface area contributed by atoms with Crippen LogP contribution in [0.25, 0.3) is 11.3 Å². The van der Waals surface area contributed by atoms with E-state index in [4.69, 9.17) is 4.98 Å². The van der Waals surface area contributed by atoms with Crippen molar-refractivity contribution in [2.24, 2.45) is 0 Å². The summed E-state index contributed by atoms with van der Waals surface area (Å²) < 4.78 is 0. The molecule has 0 bridgehead atoms. The first-order valence-corrected chi connectivity index (χ1v) is 9.76. The van der Waals surface area contributed by atoms with Crippen molar-refractivity contribution in [2.75, 3.05) is 13.1 Å². The van der Waals surface area contributed by atoms with Crippen LogP contribution < -0.4 is 0 Å². The van der Waals surface area contributed by atoms with Crippen molar-refractivity contribution in [1.29, 1.82) is 0 Å². The van der Waals surface area contributed by atoms with Crippen molar-refractivity contribution in [2.45, 2.75) is 32.1 Å². The van der Waals surface area contributed by atoms with E-state index in [1.807, 2.05) is 41.6 Å². The zero-order valence-electron chi connectivity index (χ0n) is 16.1. The molecule has 0 saturated carbocycles. The van der Waals surface area contributed by atoms with E-state index >= 15 is 0 Å². The summed E-state index contributed by atoms with van der Waals surface area (Å²) in [5, 5.41) is 0. The molecule has 2 aromatic heterocycles. The van der Waals surface area contributed by atoms with E-state index in [0.717, 1.165) is 42.0 Å². The summed E-state index contributed by atoms with van der Waals surface area (Å²) >= 11 is 0. The molecule has 1 aliphatic rings. The first kappa shape index (κ1) is 18.3. The Balaban J connectivity index is 1.49. The second-order valence-corrected chi connectivity index (χ2v) is 7.38. The Morgan fingerprint density at radius 2 is 2.11 bits per heavy atom. The minimum absolute atomic E-state index is 0.131. The minimum Gasteiger partial charge on any atom is -0.342 e. The molecule has 4 rings (SSSR count). The Morgan fingerprint density at radius 1 is 1.18 bits per heavy atom. The van der Waals surface area contributed by atoms with Crippen molar-refractivity contribution in [3.05, 3.63) is 78.0 Å². The highest BCUT2D eigenvalue weighted by molar-refractivity contribution is 5.78.